The number of para-hydroxylation sites is 2. The van der Waals surface area contributed by atoms with Crippen LogP contribution in [0.4, 0.5) is 17.1 Å². The highest BCUT2D eigenvalue weighted by Gasteiger charge is 2.21. The van der Waals surface area contributed by atoms with Crippen LogP contribution in [0.5, 0.6) is 0 Å². The van der Waals surface area contributed by atoms with E-state index in [0.29, 0.717) is 0 Å². The van der Waals surface area contributed by atoms with Crippen LogP contribution in [-0.4, -0.2) is 4.40 Å². The number of anilines is 3. The molecular formula is C50H34N2. The summed E-state index contributed by atoms with van der Waals surface area (Å²) in [4.78, 5) is 2.30. The van der Waals surface area contributed by atoms with E-state index in [1.165, 1.54) is 71.5 Å². The van der Waals surface area contributed by atoms with E-state index in [4.69, 9.17) is 0 Å². The SMILES string of the molecule is c1ccc(-c2c3c4ccccc4c4ccccc4c3n3c(-c4ccc(-c5ccc(N(c6ccccc6)c6ccccc6)cc5)cc4)cccc23)cc1. The average Bonchev–Trinajstić information content (AvgIpc) is 3.59. The number of pyridine rings is 1. The van der Waals surface area contributed by atoms with Gasteiger partial charge in [-0.05, 0) is 86.9 Å². The Balaban J connectivity index is 1.11. The molecule has 0 amide bonds. The molecule has 0 atom stereocenters. The van der Waals surface area contributed by atoms with Crippen molar-refractivity contribution in [2.24, 2.45) is 0 Å². The van der Waals surface area contributed by atoms with E-state index in [1.54, 1.807) is 0 Å². The van der Waals surface area contributed by atoms with Crippen molar-refractivity contribution in [2.75, 3.05) is 4.90 Å². The molecule has 0 N–H and O–H groups in total. The highest BCUT2D eigenvalue weighted by atomic mass is 15.1. The minimum absolute atomic E-state index is 1.12. The molecule has 52 heavy (non-hydrogen) atoms. The van der Waals surface area contributed by atoms with Crippen LogP contribution >= 0.6 is 0 Å². The number of benzene rings is 8. The van der Waals surface area contributed by atoms with E-state index in [2.05, 4.69) is 216 Å². The molecule has 0 spiro atoms. The van der Waals surface area contributed by atoms with E-state index < -0.39 is 0 Å². The first-order valence-electron chi connectivity index (χ1n) is 17.9. The maximum absolute atomic E-state index is 2.50. The third kappa shape index (κ3) is 4.88. The Kier molecular flexibility index (Phi) is 7.18. The summed E-state index contributed by atoms with van der Waals surface area (Å²) in [5.41, 5.74) is 13.1. The second kappa shape index (κ2) is 12.5. The quantitative estimate of drug-likeness (QED) is 0.161. The van der Waals surface area contributed by atoms with E-state index in [-0.39, 0.29) is 0 Å². The first-order valence-corrected chi connectivity index (χ1v) is 17.9. The normalized spacial score (nSPS) is 11.5. The molecule has 2 heteroatoms. The Labute approximate surface area is 303 Å². The van der Waals surface area contributed by atoms with Crippen LogP contribution < -0.4 is 4.90 Å². The van der Waals surface area contributed by atoms with Crippen molar-refractivity contribution in [3.05, 3.63) is 206 Å². The average molecular weight is 663 g/mol. The van der Waals surface area contributed by atoms with Gasteiger partial charge in [-0.3, -0.25) is 0 Å². The number of hydrogen-bond donors (Lipinski definition) is 0. The molecule has 10 rings (SSSR count). The lowest BCUT2D eigenvalue weighted by Gasteiger charge is -2.25. The fourth-order valence-electron chi connectivity index (χ4n) is 8.04. The Morgan fingerprint density at radius 2 is 0.769 bits per heavy atom. The van der Waals surface area contributed by atoms with Crippen molar-refractivity contribution in [2.45, 2.75) is 0 Å². The lowest BCUT2D eigenvalue weighted by molar-refractivity contribution is 1.26. The molecule has 2 heterocycles. The van der Waals surface area contributed by atoms with Crippen molar-refractivity contribution in [3.63, 3.8) is 0 Å². The molecule has 0 bridgehead atoms. The van der Waals surface area contributed by atoms with Gasteiger partial charge in [0.05, 0.1) is 16.7 Å². The topological polar surface area (TPSA) is 7.65 Å². The van der Waals surface area contributed by atoms with Crippen molar-refractivity contribution in [1.82, 2.24) is 4.40 Å². The van der Waals surface area contributed by atoms with Crippen LogP contribution in [0, 0.1) is 0 Å². The number of fused-ring (bicyclic) bond motifs is 8. The van der Waals surface area contributed by atoms with Gasteiger partial charge in [-0.1, -0.05) is 158 Å². The Bertz CT molecular complexity index is 2820. The van der Waals surface area contributed by atoms with Crippen molar-refractivity contribution >= 4 is 55.0 Å². The monoisotopic (exact) mass is 662 g/mol. The Morgan fingerprint density at radius 3 is 1.38 bits per heavy atom. The van der Waals surface area contributed by atoms with E-state index in [1.807, 2.05) is 0 Å². The highest BCUT2D eigenvalue weighted by molar-refractivity contribution is 6.30. The number of rotatable bonds is 6. The molecule has 0 fully saturated rings. The molecule has 0 aliphatic heterocycles. The van der Waals surface area contributed by atoms with Gasteiger partial charge in [0.15, 0.2) is 0 Å². The van der Waals surface area contributed by atoms with Gasteiger partial charge < -0.3 is 9.30 Å². The number of nitrogens with zero attached hydrogens (tertiary/aromatic N) is 2. The van der Waals surface area contributed by atoms with Crippen LogP contribution in [0.2, 0.25) is 0 Å². The molecule has 10 aromatic rings. The zero-order chi connectivity index (χ0) is 34.4. The summed E-state index contributed by atoms with van der Waals surface area (Å²) in [6.45, 7) is 0. The second-order valence-corrected chi connectivity index (χ2v) is 13.3. The van der Waals surface area contributed by atoms with Crippen LogP contribution in [0.25, 0.3) is 71.5 Å². The second-order valence-electron chi connectivity index (χ2n) is 13.3. The fraction of sp³-hybridized carbons (Fsp3) is 0. The van der Waals surface area contributed by atoms with Crippen LogP contribution in [0.1, 0.15) is 0 Å². The number of aromatic nitrogens is 1. The minimum Gasteiger partial charge on any atom is -0.311 e. The smallest absolute Gasteiger partial charge is 0.0626 e. The van der Waals surface area contributed by atoms with E-state index >= 15 is 0 Å². The molecule has 0 aliphatic carbocycles. The summed E-state index contributed by atoms with van der Waals surface area (Å²) in [6.07, 6.45) is 0. The molecule has 244 valence electrons. The molecule has 2 nitrogen and oxygen atoms in total. The third-order valence-electron chi connectivity index (χ3n) is 10.4. The predicted molar refractivity (Wildman–Crippen MR) is 221 cm³/mol. The van der Waals surface area contributed by atoms with E-state index in [9.17, 15) is 0 Å². The zero-order valence-electron chi connectivity index (χ0n) is 28.5. The Hall–Kier alpha value is -6.90. The van der Waals surface area contributed by atoms with Crippen molar-refractivity contribution < 1.29 is 0 Å². The number of hydrogen-bond acceptors (Lipinski definition) is 1. The fourth-order valence-corrected chi connectivity index (χ4v) is 8.04. The zero-order valence-corrected chi connectivity index (χ0v) is 28.5. The van der Waals surface area contributed by atoms with Gasteiger partial charge in [0, 0.05) is 33.4 Å². The summed E-state index contributed by atoms with van der Waals surface area (Å²) in [7, 11) is 0. The molecule has 0 aliphatic rings. The molecule has 8 aromatic carbocycles. The lowest BCUT2D eigenvalue weighted by Crippen LogP contribution is -2.09. The highest BCUT2D eigenvalue weighted by Crippen LogP contribution is 2.45. The maximum atomic E-state index is 2.50. The van der Waals surface area contributed by atoms with Crippen LogP contribution in [-0.2, 0) is 0 Å². The van der Waals surface area contributed by atoms with Crippen molar-refractivity contribution in [1.29, 1.82) is 0 Å². The molecule has 0 unspecified atom stereocenters. The molecule has 2 aromatic heterocycles. The largest absolute Gasteiger partial charge is 0.311 e. The van der Waals surface area contributed by atoms with Gasteiger partial charge in [-0.15, -0.1) is 0 Å². The maximum Gasteiger partial charge on any atom is 0.0626 e. The first-order chi connectivity index (χ1) is 25.8. The van der Waals surface area contributed by atoms with Gasteiger partial charge in [0.2, 0.25) is 0 Å². The summed E-state index contributed by atoms with van der Waals surface area (Å²) in [6, 6.07) is 74.4. The molecule has 0 saturated heterocycles. The predicted octanol–water partition coefficient (Wildman–Crippen LogP) is 13.9. The lowest BCUT2D eigenvalue weighted by atomic mass is 9.94. The van der Waals surface area contributed by atoms with Gasteiger partial charge in [-0.2, -0.15) is 0 Å². The van der Waals surface area contributed by atoms with Gasteiger partial charge in [0.25, 0.3) is 0 Å². The first kappa shape index (κ1) is 30.0. The van der Waals surface area contributed by atoms with Crippen LogP contribution in [0.3, 0.4) is 0 Å². The molecule has 0 saturated carbocycles. The standard InChI is InChI=1S/C50H34N2/c1-4-15-38(16-5-1)48-47-26-14-25-46(52(47)50-45-24-13-11-22-43(45)42-21-10-12-23-44(42)49(48)50)37-29-27-35(28-30-37)36-31-33-41(34-32-36)51(39-17-6-2-7-18-39)40-19-8-3-9-20-40/h1-34H. The van der Waals surface area contributed by atoms with Crippen LogP contribution in [0.15, 0.2) is 206 Å². The summed E-state index contributed by atoms with van der Waals surface area (Å²) in [5.74, 6) is 0. The van der Waals surface area contributed by atoms with E-state index in [0.717, 1.165) is 17.1 Å². The molecule has 0 radical (unpaired) electrons. The van der Waals surface area contributed by atoms with Gasteiger partial charge in [-0.25, -0.2) is 0 Å². The minimum atomic E-state index is 1.12. The van der Waals surface area contributed by atoms with Gasteiger partial charge in [0.1, 0.15) is 0 Å². The summed E-state index contributed by atoms with van der Waals surface area (Å²) in [5, 5.41) is 6.39. The summed E-state index contributed by atoms with van der Waals surface area (Å²) >= 11 is 0. The molecular weight excluding hydrogens is 629 g/mol. The van der Waals surface area contributed by atoms with Gasteiger partial charge >= 0.3 is 0 Å². The third-order valence-corrected chi connectivity index (χ3v) is 10.4. The summed E-state index contributed by atoms with van der Waals surface area (Å²) < 4.78 is 2.50. The Morgan fingerprint density at radius 1 is 0.308 bits per heavy atom. The van der Waals surface area contributed by atoms with Crippen molar-refractivity contribution in [3.8, 4) is 33.5 Å².